The summed E-state index contributed by atoms with van der Waals surface area (Å²) in [6.45, 7) is 4.24. The molecule has 2 N–H and O–H groups in total. The first-order valence-corrected chi connectivity index (χ1v) is 8.28. The highest BCUT2D eigenvalue weighted by Crippen LogP contribution is 2.19. The SMILES string of the molecule is CCOc1ccc(CNC(=NC)NC(C)c2ccc(F)cc2F)cc1F. The Morgan fingerprint density at radius 2 is 1.88 bits per heavy atom. The van der Waals surface area contributed by atoms with Crippen LogP contribution in [0.2, 0.25) is 0 Å². The van der Waals surface area contributed by atoms with E-state index in [0.717, 1.165) is 6.07 Å². The molecule has 0 spiro atoms. The summed E-state index contributed by atoms with van der Waals surface area (Å²) < 4.78 is 45.9. The van der Waals surface area contributed by atoms with Crippen molar-refractivity contribution in [3.63, 3.8) is 0 Å². The molecule has 2 aromatic rings. The van der Waals surface area contributed by atoms with Crippen LogP contribution >= 0.6 is 0 Å². The van der Waals surface area contributed by atoms with Crippen LogP contribution in [0.5, 0.6) is 5.75 Å². The van der Waals surface area contributed by atoms with Gasteiger partial charge in [-0.05, 0) is 37.6 Å². The third-order valence-electron chi connectivity index (χ3n) is 3.76. The van der Waals surface area contributed by atoms with E-state index in [2.05, 4.69) is 15.6 Å². The number of guanidine groups is 1. The van der Waals surface area contributed by atoms with Gasteiger partial charge in [0, 0.05) is 25.2 Å². The van der Waals surface area contributed by atoms with Gasteiger partial charge < -0.3 is 15.4 Å². The van der Waals surface area contributed by atoms with Gasteiger partial charge in [-0.1, -0.05) is 12.1 Å². The molecule has 0 heterocycles. The van der Waals surface area contributed by atoms with Crippen LogP contribution in [-0.2, 0) is 6.54 Å². The van der Waals surface area contributed by atoms with Crippen molar-refractivity contribution in [2.24, 2.45) is 4.99 Å². The Labute approximate surface area is 151 Å². The third-order valence-corrected chi connectivity index (χ3v) is 3.76. The van der Waals surface area contributed by atoms with Gasteiger partial charge in [-0.2, -0.15) is 0 Å². The molecule has 0 amide bonds. The standard InChI is InChI=1S/C19H22F3N3O/c1-4-26-18-8-5-13(9-17(18)22)11-24-19(23-3)25-12(2)15-7-6-14(20)10-16(15)21/h5-10,12H,4,11H2,1-3H3,(H2,23,24,25). The van der Waals surface area contributed by atoms with Crippen LogP contribution in [0.3, 0.4) is 0 Å². The molecule has 0 aromatic heterocycles. The number of benzene rings is 2. The number of nitrogens with zero attached hydrogens (tertiary/aromatic N) is 1. The minimum absolute atomic E-state index is 0.208. The van der Waals surface area contributed by atoms with Gasteiger partial charge in [0.25, 0.3) is 0 Å². The summed E-state index contributed by atoms with van der Waals surface area (Å²) in [5, 5.41) is 6.05. The Kier molecular flexibility index (Phi) is 6.89. The molecular weight excluding hydrogens is 343 g/mol. The van der Waals surface area contributed by atoms with Crippen LogP contribution in [0, 0.1) is 17.5 Å². The molecule has 0 radical (unpaired) electrons. The molecule has 0 aliphatic heterocycles. The summed E-state index contributed by atoms with van der Waals surface area (Å²) in [6, 6.07) is 7.70. The van der Waals surface area contributed by atoms with Gasteiger partial charge in [0.15, 0.2) is 17.5 Å². The number of rotatable bonds is 6. The number of hydrogen-bond donors (Lipinski definition) is 2. The number of aliphatic imine (C=N–C) groups is 1. The molecule has 0 aliphatic rings. The Hall–Kier alpha value is -2.70. The van der Waals surface area contributed by atoms with Crippen LogP contribution in [0.1, 0.15) is 31.0 Å². The average molecular weight is 365 g/mol. The van der Waals surface area contributed by atoms with Gasteiger partial charge in [0.2, 0.25) is 0 Å². The van der Waals surface area contributed by atoms with E-state index in [9.17, 15) is 13.2 Å². The topological polar surface area (TPSA) is 45.6 Å². The Balaban J connectivity index is 1.98. The average Bonchev–Trinajstić information content (AvgIpc) is 2.60. The molecule has 2 aromatic carbocycles. The lowest BCUT2D eigenvalue weighted by molar-refractivity contribution is 0.321. The van der Waals surface area contributed by atoms with Gasteiger partial charge >= 0.3 is 0 Å². The predicted octanol–water partition coefficient (Wildman–Crippen LogP) is 3.93. The minimum Gasteiger partial charge on any atom is -0.491 e. The molecule has 0 fully saturated rings. The molecule has 4 nitrogen and oxygen atoms in total. The highest BCUT2D eigenvalue weighted by atomic mass is 19.1. The number of ether oxygens (including phenoxy) is 1. The van der Waals surface area contributed by atoms with E-state index in [1.165, 1.54) is 18.2 Å². The Bertz CT molecular complexity index is 781. The van der Waals surface area contributed by atoms with Crippen molar-refractivity contribution >= 4 is 5.96 Å². The smallest absolute Gasteiger partial charge is 0.191 e. The van der Waals surface area contributed by atoms with Crippen LogP contribution in [0.4, 0.5) is 13.2 Å². The second-order valence-electron chi connectivity index (χ2n) is 5.66. The third kappa shape index (κ3) is 5.15. The fourth-order valence-electron chi connectivity index (χ4n) is 2.44. The van der Waals surface area contributed by atoms with Crippen molar-refractivity contribution in [3.05, 3.63) is 65.0 Å². The fourth-order valence-corrected chi connectivity index (χ4v) is 2.44. The summed E-state index contributed by atoms with van der Waals surface area (Å²) in [5.41, 5.74) is 1.02. The summed E-state index contributed by atoms with van der Waals surface area (Å²) in [7, 11) is 1.57. The van der Waals surface area contributed by atoms with Crippen molar-refractivity contribution in [2.45, 2.75) is 26.4 Å². The van der Waals surface area contributed by atoms with E-state index in [0.29, 0.717) is 30.2 Å². The zero-order valence-corrected chi connectivity index (χ0v) is 14.9. The lowest BCUT2D eigenvalue weighted by Crippen LogP contribution is -2.38. The number of nitrogens with one attached hydrogen (secondary N) is 2. The first kappa shape index (κ1) is 19.6. The largest absolute Gasteiger partial charge is 0.491 e. The van der Waals surface area contributed by atoms with Crippen LogP contribution in [0.15, 0.2) is 41.4 Å². The summed E-state index contributed by atoms with van der Waals surface area (Å²) in [4.78, 5) is 4.06. The second kappa shape index (κ2) is 9.12. The van der Waals surface area contributed by atoms with Gasteiger partial charge in [-0.25, -0.2) is 13.2 Å². The van der Waals surface area contributed by atoms with E-state index in [1.807, 2.05) is 0 Å². The first-order valence-electron chi connectivity index (χ1n) is 8.28. The van der Waals surface area contributed by atoms with Crippen LogP contribution in [-0.4, -0.2) is 19.6 Å². The molecule has 7 heteroatoms. The predicted molar refractivity (Wildman–Crippen MR) is 95.7 cm³/mol. The van der Waals surface area contributed by atoms with E-state index >= 15 is 0 Å². The fraction of sp³-hybridized carbons (Fsp3) is 0.316. The van der Waals surface area contributed by atoms with E-state index in [4.69, 9.17) is 4.74 Å². The molecule has 2 rings (SSSR count). The van der Waals surface area contributed by atoms with Gasteiger partial charge in [0.05, 0.1) is 12.6 Å². The van der Waals surface area contributed by atoms with E-state index in [-0.39, 0.29) is 5.75 Å². The van der Waals surface area contributed by atoms with Crippen molar-refractivity contribution in [1.29, 1.82) is 0 Å². The zero-order chi connectivity index (χ0) is 19.1. The summed E-state index contributed by atoms with van der Waals surface area (Å²) in [5.74, 6) is -1.07. The van der Waals surface area contributed by atoms with Crippen LogP contribution < -0.4 is 15.4 Å². The normalized spacial score (nSPS) is 12.6. The van der Waals surface area contributed by atoms with Crippen molar-refractivity contribution in [2.75, 3.05) is 13.7 Å². The van der Waals surface area contributed by atoms with Crippen LogP contribution in [0.25, 0.3) is 0 Å². The molecule has 0 bridgehead atoms. The Morgan fingerprint density at radius 3 is 2.50 bits per heavy atom. The number of hydrogen-bond acceptors (Lipinski definition) is 2. The quantitative estimate of drug-likeness (QED) is 0.602. The molecule has 140 valence electrons. The monoisotopic (exact) mass is 365 g/mol. The van der Waals surface area contributed by atoms with Crippen molar-refractivity contribution < 1.29 is 17.9 Å². The second-order valence-corrected chi connectivity index (χ2v) is 5.66. The molecule has 1 unspecified atom stereocenters. The van der Waals surface area contributed by atoms with Gasteiger partial charge in [-0.3, -0.25) is 4.99 Å². The van der Waals surface area contributed by atoms with Crippen molar-refractivity contribution in [1.82, 2.24) is 10.6 Å². The highest BCUT2D eigenvalue weighted by Gasteiger charge is 2.13. The maximum atomic E-state index is 13.9. The molecule has 0 aliphatic carbocycles. The molecule has 1 atom stereocenters. The van der Waals surface area contributed by atoms with E-state index < -0.39 is 23.5 Å². The lowest BCUT2D eigenvalue weighted by atomic mass is 10.1. The highest BCUT2D eigenvalue weighted by molar-refractivity contribution is 5.80. The number of halogens is 3. The van der Waals surface area contributed by atoms with Gasteiger partial charge in [-0.15, -0.1) is 0 Å². The molecular formula is C19H22F3N3O. The summed E-state index contributed by atoms with van der Waals surface area (Å²) in [6.07, 6.45) is 0. The van der Waals surface area contributed by atoms with E-state index in [1.54, 1.807) is 33.0 Å². The molecule has 0 saturated heterocycles. The Morgan fingerprint density at radius 1 is 1.12 bits per heavy atom. The lowest BCUT2D eigenvalue weighted by Gasteiger charge is -2.19. The van der Waals surface area contributed by atoms with Crippen molar-refractivity contribution in [3.8, 4) is 5.75 Å². The maximum absolute atomic E-state index is 13.9. The maximum Gasteiger partial charge on any atom is 0.191 e. The molecule has 26 heavy (non-hydrogen) atoms. The van der Waals surface area contributed by atoms with Gasteiger partial charge in [0.1, 0.15) is 11.6 Å². The minimum atomic E-state index is -0.631. The summed E-state index contributed by atoms with van der Waals surface area (Å²) >= 11 is 0. The first-order chi connectivity index (χ1) is 12.4. The zero-order valence-electron chi connectivity index (χ0n) is 14.9. The molecule has 0 saturated carbocycles.